The summed E-state index contributed by atoms with van der Waals surface area (Å²) in [5.74, 6) is 0.205. The van der Waals surface area contributed by atoms with Crippen molar-refractivity contribution in [2.75, 3.05) is 6.61 Å². The van der Waals surface area contributed by atoms with Crippen LogP contribution < -0.4 is 15.1 Å². The number of hydrogen-bond acceptors (Lipinski definition) is 5. The summed E-state index contributed by atoms with van der Waals surface area (Å²) in [7, 11) is 0. The van der Waals surface area contributed by atoms with Gasteiger partial charge in [-0.3, -0.25) is 0 Å². The van der Waals surface area contributed by atoms with Gasteiger partial charge in [0.05, 0.1) is 11.5 Å². The van der Waals surface area contributed by atoms with E-state index in [0.717, 1.165) is 12.8 Å². The lowest BCUT2D eigenvalue weighted by Gasteiger charge is -2.15. The van der Waals surface area contributed by atoms with Crippen molar-refractivity contribution in [1.82, 2.24) is 0 Å². The summed E-state index contributed by atoms with van der Waals surface area (Å²) in [6.45, 7) is 10.2. The van der Waals surface area contributed by atoms with Crippen LogP contribution in [0.15, 0.2) is 50.7 Å². The quantitative estimate of drug-likeness (QED) is 0.499. The molecule has 0 aliphatic carbocycles. The first-order valence-corrected chi connectivity index (χ1v) is 9.16. The molecule has 0 aliphatic rings. The van der Waals surface area contributed by atoms with Crippen molar-refractivity contribution >= 4 is 11.0 Å². The maximum Gasteiger partial charge on any atom is 0.383 e. The van der Waals surface area contributed by atoms with E-state index in [-0.39, 0.29) is 23.2 Å². The Morgan fingerprint density at radius 3 is 2.59 bits per heavy atom. The van der Waals surface area contributed by atoms with Crippen molar-refractivity contribution in [3.8, 4) is 17.2 Å². The standard InChI is InChI=1S/C22H28O5/c1-14(2)8-6-9-16(5)12-13-25-20-17-10-7-11-18(23)19(17)27-22(24)21(20)26-15(3)4/h7-8,10-12,15,23H,6,9,13H2,1-5H3/b16-12+. The van der Waals surface area contributed by atoms with Gasteiger partial charge < -0.3 is 19.0 Å². The Morgan fingerprint density at radius 1 is 1.19 bits per heavy atom. The second kappa shape index (κ2) is 9.31. The Balaban J connectivity index is 2.31. The Labute approximate surface area is 159 Å². The molecule has 1 aromatic carbocycles. The molecule has 0 unspecified atom stereocenters. The third-order valence-corrected chi connectivity index (χ3v) is 3.93. The van der Waals surface area contributed by atoms with Crippen LogP contribution in [0.2, 0.25) is 0 Å². The van der Waals surface area contributed by atoms with E-state index < -0.39 is 5.63 Å². The minimum absolute atomic E-state index is 0.0266. The van der Waals surface area contributed by atoms with Crippen molar-refractivity contribution < 1.29 is 19.0 Å². The lowest BCUT2D eigenvalue weighted by atomic mass is 10.1. The first-order valence-electron chi connectivity index (χ1n) is 9.16. The summed E-state index contributed by atoms with van der Waals surface area (Å²) < 4.78 is 16.8. The van der Waals surface area contributed by atoms with Crippen molar-refractivity contribution in [3.63, 3.8) is 0 Å². The second-order valence-electron chi connectivity index (χ2n) is 7.05. The smallest absolute Gasteiger partial charge is 0.383 e. The lowest BCUT2D eigenvalue weighted by Crippen LogP contribution is -2.15. The van der Waals surface area contributed by atoms with Gasteiger partial charge in [-0.2, -0.15) is 0 Å². The van der Waals surface area contributed by atoms with E-state index in [9.17, 15) is 9.90 Å². The molecule has 2 aromatic rings. The van der Waals surface area contributed by atoms with Gasteiger partial charge in [-0.1, -0.05) is 23.3 Å². The first kappa shape index (κ1) is 20.6. The van der Waals surface area contributed by atoms with Crippen LogP contribution in [0.1, 0.15) is 47.5 Å². The summed E-state index contributed by atoms with van der Waals surface area (Å²) in [6, 6.07) is 4.86. The highest BCUT2D eigenvalue weighted by Gasteiger charge is 2.20. The van der Waals surface area contributed by atoms with Gasteiger partial charge >= 0.3 is 5.63 Å². The number of aromatic hydroxyl groups is 1. The molecule has 0 fully saturated rings. The molecule has 2 rings (SSSR count). The average Bonchev–Trinajstić information content (AvgIpc) is 2.57. The molecule has 146 valence electrons. The Morgan fingerprint density at radius 2 is 1.93 bits per heavy atom. The highest BCUT2D eigenvalue weighted by atomic mass is 16.5. The van der Waals surface area contributed by atoms with Crippen molar-refractivity contribution in [3.05, 3.63) is 51.9 Å². The van der Waals surface area contributed by atoms with E-state index in [1.165, 1.54) is 17.2 Å². The molecule has 1 aromatic heterocycles. The van der Waals surface area contributed by atoms with Crippen LogP contribution in [0.5, 0.6) is 17.2 Å². The zero-order chi connectivity index (χ0) is 20.0. The number of para-hydroxylation sites is 1. The molecule has 0 saturated heterocycles. The maximum absolute atomic E-state index is 12.3. The number of fused-ring (bicyclic) bond motifs is 1. The van der Waals surface area contributed by atoms with Gasteiger partial charge in [-0.05, 0) is 65.7 Å². The van der Waals surface area contributed by atoms with Gasteiger partial charge in [0.15, 0.2) is 17.1 Å². The fourth-order valence-corrected chi connectivity index (χ4v) is 2.60. The Bertz CT molecular complexity index is 899. The monoisotopic (exact) mass is 372 g/mol. The molecular formula is C22H28O5. The predicted molar refractivity (Wildman–Crippen MR) is 108 cm³/mol. The van der Waals surface area contributed by atoms with Gasteiger partial charge in [-0.15, -0.1) is 0 Å². The minimum Gasteiger partial charge on any atom is -0.504 e. The molecule has 5 nitrogen and oxygen atoms in total. The zero-order valence-electron chi connectivity index (χ0n) is 16.7. The SMILES string of the molecule is CC(C)=CCC/C(C)=C/COc1c(OC(C)C)c(=O)oc2c(O)cccc12. The molecule has 0 radical (unpaired) electrons. The Hall–Kier alpha value is -2.69. The fraction of sp³-hybridized carbons (Fsp3) is 0.409. The van der Waals surface area contributed by atoms with Crippen LogP contribution in [0.4, 0.5) is 0 Å². The summed E-state index contributed by atoms with van der Waals surface area (Å²) in [5, 5.41) is 10.5. The van der Waals surface area contributed by atoms with Gasteiger partial charge in [0.25, 0.3) is 0 Å². The number of rotatable bonds is 8. The molecule has 0 saturated carbocycles. The van der Waals surface area contributed by atoms with Gasteiger partial charge in [0.1, 0.15) is 6.61 Å². The molecule has 0 spiro atoms. The second-order valence-corrected chi connectivity index (χ2v) is 7.05. The topological polar surface area (TPSA) is 68.9 Å². The van der Waals surface area contributed by atoms with Crippen LogP contribution in [-0.4, -0.2) is 17.8 Å². The normalized spacial score (nSPS) is 11.7. The first-order chi connectivity index (χ1) is 12.8. The van der Waals surface area contributed by atoms with E-state index in [1.54, 1.807) is 12.1 Å². The number of benzene rings is 1. The van der Waals surface area contributed by atoms with Crippen molar-refractivity contribution in [2.24, 2.45) is 0 Å². The average molecular weight is 372 g/mol. The van der Waals surface area contributed by atoms with Crippen LogP contribution in [0.3, 0.4) is 0 Å². The largest absolute Gasteiger partial charge is 0.504 e. The van der Waals surface area contributed by atoms with E-state index in [4.69, 9.17) is 13.9 Å². The number of hydrogen-bond donors (Lipinski definition) is 1. The summed E-state index contributed by atoms with van der Waals surface area (Å²) in [4.78, 5) is 12.3. The highest BCUT2D eigenvalue weighted by molar-refractivity contribution is 5.89. The number of ether oxygens (including phenoxy) is 2. The fourth-order valence-electron chi connectivity index (χ4n) is 2.60. The molecule has 0 aliphatic heterocycles. The van der Waals surface area contributed by atoms with E-state index in [1.807, 2.05) is 19.9 Å². The minimum atomic E-state index is -0.669. The van der Waals surface area contributed by atoms with Gasteiger partial charge in [0.2, 0.25) is 5.75 Å². The van der Waals surface area contributed by atoms with Crippen LogP contribution >= 0.6 is 0 Å². The molecule has 27 heavy (non-hydrogen) atoms. The van der Waals surface area contributed by atoms with Crippen molar-refractivity contribution in [2.45, 2.75) is 53.6 Å². The van der Waals surface area contributed by atoms with Crippen molar-refractivity contribution in [1.29, 1.82) is 0 Å². The molecule has 1 N–H and O–H groups in total. The molecule has 0 bridgehead atoms. The molecule has 1 heterocycles. The summed E-state index contributed by atoms with van der Waals surface area (Å²) in [6.07, 6.45) is 5.90. The highest BCUT2D eigenvalue weighted by Crippen LogP contribution is 2.36. The lowest BCUT2D eigenvalue weighted by molar-refractivity contribution is 0.216. The van der Waals surface area contributed by atoms with Gasteiger partial charge in [-0.25, -0.2) is 4.79 Å². The number of phenols is 1. The number of allylic oxidation sites excluding steroid dienone is 3. The van der Waals surface area contributed by atoms with Crippen LogP contribution in [-0.2, 0) is 0 Å². The van der Waals surface area contributed by atoms with Crippen LogP contribution in [0.25, 0.3) is 11.0 Å². The van der Waals surface area contributed by atoms with E-state index in [0.29, 0.717) is 17.7 Å². The summed E-state index contributed by atoms with van der Waals surface area (Å²) in [5.41, 5.74) is 1.93. The van der Waals surface area contributed by atoms with Gasteiger partial charge in [0, 0.05) is 0 Å². The third kappa shape index (κ3) is 5.64. The molecule has 0 atom stereocenters. The van der Waals surface area contributed by atoms with Crippen LogP contribution in [0, 0.1) is 0 Å². The maximum atomic E-state index is 12.3. The van der Waals surface area contributed by atoms with E-state index in [2.05, 4.69) is 26.8 Å². The summed E-state index contributed by atoms with van der Waals surface area (Å²) >= 11 is 0. The third-order valence-electron chi connectivity index (χ3n) is 3.93. The Kier molecular flexibility index (Phi) is 7.11. The molecular weight excluding hydrogens is 344 g/mol. The predicted octanol–water partition coefficient (Wildman–Crippen LogP) is 5.36. The molecule has 5 heteroatoms. The zero-order valence-corrected chi connectivity index (χ0v) is 16.7. The number of phenolic OH excluding ortho intramolecular Hbond substituents is 1. The molecule has 0 amide bonds. The van der Waals surface area contributed by atoms with E-state index >= 15 is 0 Å².